The molecule has 17 heavy (non-hydrogen) atoms. The molecular formula is C14H11Br2F. The number of benzene rings is 2. The van der Waals surface area contributed by atoms with E-state index < -0.39 is 0 Å². The molecule has 0 heterocycles. The van der Waals surface area contributed by atoms with Crippen LogP contribution in [0.15, 0.2) is 53.0 Å². The Labute approximate surface area is 117 Å². The van der Waals surface area contributed by atoms with Gasteiger partial charge in [-0.25, -0.2) is 4.39 Å². The van der Waals surface area contributed by atoms with Gasteiger partial charge in [-0.05, 0) is 41.8 Å². The van der Waals surface area contributed by atoms with Gasteiger partial charge >= 0.3 is 0 Å². The largest absolute Gasteiger partial charge is 0.207 e. The summed E-state index contributed by atoms with van der Waals surface area (Å²) in [6.45, 7) is 0. The van der Waals surface area contributed by atoms with Crippen LogP contribution in [0.3, 0.4) is 0 Å². The third-order valence-corrected chi connectivity index (χ3v) is 3.86. The van der Waals surface area contributed by atoms with Gasteiger partial charge in [0.05, 0.1) is 0 Å². The molecule has 2 aromatic carbocycles. The van der Waals surface area contributed by atoms with Gasteiger partial charge in [0.2, 0.25) is 0 Å². The van der Waals surface area contributed by atoms with Gasteiger partial charge < -0.3 is 0 Å². The second kappa shape index (κ2) is 5.78. The first-order valence-corrected chi connectivity index (χ1v) is 7.00. The van der Waals surface area contributed by atoms with Crippen molar-refractivity contribution in [3.05, 3.63) is 69.9 Å². The molecule has 0 aliphatic rings. The minimum absolute atomic E-state index is 0.132. The summed E-state index contributed by atoms with van der Waals surface area (Å²) in [5.74, 6) is -0.193. The maximum atomic E-state index is 13.1. The lowest BCUT2D eigenvalue weighted by Gasteiger charge is -2.10. The van der Waals surface area contributed by atoms with Crippen LogP contribution in [0.4, 0.5) is 4.39 Å². The van der Waals surface area contributed by atoms with Crippen molar-refractivity contribution in [2.24, 2.45) is 0 Å². The van der Waals surface area contributed by atoms with E-state index in [1.54, 1.807) is 12.1 Å². The highest BCUT2D eigenvalue weighted by molar-refractivity contribution is 9.10. The number of rotatable bonds is 3. The SMILES string of the molecule is Fc1cccc(C(Br)Cc2cccc(Br)c2)c1. The van der Waals surface area contributed by atoms with E-state index in [9.17, 15) is 4.39 Å². The van der Waals surface area contributed by atoms with Crippen LogP contribution in [-0.2, 0) is 6.42 Å². The van der Waals surface area contributed by atoms with Crippen molar-refractivity contribution in [2.45, 2.75) is 11.2 Å². The van der Waals surface area contributed by atoms with Crippen LogP contribution in [0.5, 0.6) is 0 Å². The lowest BCUT2D eigenvalue weighted by molar-refractivity contribution is 0.625. The van der Waals surface area contributed by atoms with Gasteiger partial charge in [-0.3, -0.25) is 0 Å². The van der Waals surface area contributed by atoms with Gasteiger partial charge in [0.25, 0.3) is 0 Å². The van der Waals surface area contributed by atoms with Gasteiger partial charge in [0.15, 0.2) is 0 Å². The molecule has 3 heteroatoms. The van der Waals surface area contributed by atoms with Crippen molar-refractivity contribution in [3.63, 3.8) is 0 Å². The first-order valence-electron chi connectivity index (χ1n) is 5.29. The molecule has 0 fully saturated rings. The van der Waals surface area contributed by atoms with Crippen molar-refractivity contribution < 1.29 is 4.39 Å². The summed E-state index contributed by atoms with van der Waals surface area (Å²) in [6.07, 6.45) is 0.836. The summed E-state index contributed by atoms with van der Waals surface area (Å²) in [7, 11) is 0. The number of halogens is 3. The van der Waals surface area contributed by atoms with E-state index in [0.29, 0.717) is 0 Å². The summed E-state index contributed by atoms with van der Waals surface area (Å²) in [4.78, 5) is 0.132. The van der Waals surface area contributed by atoms with E-state index in [1.165, 1.54) is 11.6 Å². The van der Waals surface area contributed by atoms with Crippen LogP contribution in [0.1, 0.15) is 16.0 Å². The van der Waals surface area contributed by atoms with E-state index >= 15 is 0 Å². The molecule has 0 amide bonds. The molecule has 0 spiro atoms. The third kappa shape index (κ3) is 3.65. The Balaban J connectivity index is 2.14. The first kappa shape index (κ1) is 12.8. The molecular weight excluding hydrogens is 347 g/mol. The van der Waals surface area contributed by atoms with E-state index in [-0.39, 0.29) is 10.6 Å². The average molecular weight is 358 g/mol. The summed E-state index contributed by atoms with van der Waals surface area (Å²) < 4.78 is 14.2. The number of hydrogen-bond donors (Lipinski definition) is 0. The fourth-order valence-corrected chi connectivity index (χ4v) is 2.80. The standard InChI is InChI=1S/C14H11Br2F/c15-12-5-1-3-10(7-12)8-14(16)11-4-2-6-13(17)9-11/h1-7,9,14H,8H2. The highest BCUT2D eigenvalue weighted by Crippen LogP contribution is 2.28. The Morgan fingerprint density at radius 2 is 1.82 bits per heavy atom. The fourth-order valence-electron chi connectivity index (χ4n) is 1.69. The second-order valence-corrected chi connectivity index (χ2v) is 5.88. The molecule has 2 aromatic rings. The molecule has 0 aliphatic carbocycles. The Morgan fingerprint density at radius 3 is 2.53 bits per heavy atom. The number of alkyl halides is 1. The fraction of sp³-hybridized carbons (Fsp3) is 0.143. The molecule has 0 aromatic heterocycles. The van der Waals surface area contributed by atoms with Crippen LogP contribution in [-0.4, -0.2) is 0 Å². The summed E-state index contributed by atoms with van der Waals surface area (Å²) in [6, 6.07) is 14.8. The van der Waals surface area contributed by atoms with Crippen LogP contribution < -0.4 is 0 Å². The van der Waals surface area contributed by atoms with E-state index in [0.717, 1.165) is 16.5 Å². The molecule has 1 unspecified atom stereocenters. The van der Waals surface area contributed by atoms with Crippen LogP contribution in [0, 0.1) is 5.82 Å². The van der Waals surface area contributed by atoms with Gasteiger partial charge in [0, 0.05) is 9.30 Å². The second-order valence-electron chi connectivity index (χ2n) is 3.86. The van der Waals surface area contributed by atoms with E-state index in [2.05, 4.69) is 44.0 Å². The normalized spacial score (nSPS) is 12.4. The number of hydrogen-bond acceptors (Lipinski definition) is 0. The van der Waals surface area contributed by atoms with Crippen molar-refractivity contribution in [3.8, 4) is 0 Å². The zero-order valence-electron chi connectivity index (χ0n) is 9.04. The van der Waals surface area contributed by atoms with Gasteiger partial charge in [-0.15, -0.1) is 0 Å². The Kier molecular flexibility index (Phi) is 4.35. The molecule has 1 atom stereocenters. The van der Waals surface area contributed by atoms with Crippen LogP contribution >= 0.6 is 31.9 Å². The predicted octanol–water partition coefficient (Wildman–Crippen LogP) is 5.27. The molecule has 88 valence electrons. The molecule has 0 N–H and O–H groups in total. The van der Waals surface area contributed by atoms with E-state index in [4.69, 9.17) is 0 Å². The smallest absolute Gasteiger partial charge is 0.123 e. The molecule has 0 bridgehead atoms. The van der Waals surface area contributed by atoms with Crippen molar-refractivity contribution in [1.29, 1.82) is 0 Å². The monoisotopic (exact) mass is 356 g/mol. The minimum atomic E-state index is -0.193. The predicted molar refractivity (Wildman–Crippen MR) is 75.9 cm³/mol. The van der Waals surface area contributed by atoms with Crippen LogP contribution in [0.2, 0.25) is 0 Å². The lowest BCUT2D eigenvalue weighted by atomic mass is 10.0. The summed E-state index contributed by atoms with van der Waals surface area (Å²) in [5, 5.41) is 0. The summed E-state index contributed by atoms with van der Waals surface area (Å²) >= 11 is 7.04. The van der Waals surface area contributed by atoms with Gasteiger partial charge in [0.1, 0.15) is 5.82 Å². The highest BCUT2D eigenvalue weighted by atomic mass is 79.9. The molecule has 0 nitrogen and oxygen atoms in total. The molecule has 0 aliphatic heterocycles. The maximum Gasteiger partial charge on any atom is 0.123 e. The molecule has 0 radical (unpaired) electrons. The molecule has 0 saturated carbocycles. The lowest BCUT2D eigenvalue weighted by Crippen LogP contribution is -1.96. The first-order chi connectivity index (χ1) is 8.15. The Hall–Kier alpha value is -0.670. The quantitative estimate of drug-likeness (QED) is 0.656. The topological polar surface area (TPSA) is 0 Å². The van der Waals surface area contributed by atoms with Crippen molar-refractivity contribution in [2.75, 3.05) is 0 Å². The maximum absolute atomic E-state index is 13.1. The minimum Gasteiger partial charge on any atom is -0.207 e. The van der Waals surface area contributed by atoms with Gasteiger partial charge in [-0.2, -0.15) is 0 Å². The van der Waals surface area contributed by atoms with E-state index in [1.807, 2.05) is 18.2 Å². The Bertz CT molecular complexity index is 511. The third-order valence-electron chi connectivity index (χ3n) is 2.51. The summed E-state index contributed by atoms with van der Waals surface area (Å²) in [5.41, 5.74) is 2.18. The highest BCUT2D eigenvalue weighted by Gasteiger charge is 2.09. The average Bonchev–Trinajstić information content (AvgIpc) is 2.29. The molecule has 0 saturated heterocycles. The van der Waals surface area contributed by atoms with Crippen LogP contribution in [0.25, 0.3) is 0 Å². The molecule has 2 rings (SSSR count). The van der Waals surface area contributed by atoms with Gasteiger partial charge in [-0.1, -0.05) is 56.1 Å². The van der Waals surface area contributed by atoms with Crippen molar-refractivity contribution in [1.82, 2.24) is 0 Å². The van der Waals surface area contributed by atoms with Crippen molar-refractivity contribution >= 4 is 31.9 Å². The zero-order chi connectivity index (χ0) is 12.3. The zero-order valence-corrected chi connectivity index (χ0v) is 12.2. The Morgan fingerprint density at radius 1 is 1.06 bits per heavy atom.